The van der Waals surface area contributed by atoms with Gasteiger partial charge in [0.25, 0.3) is 5.91 Å². The summed E-state index contributed by atoms with van der Waals surface area (Å²) >= 11 is 3.36. The lowest BCUT2D eigenvalue weighted by atomic mass is 10.1. The average molecular weight is 325 g/mol. The molecular weight excluding hydrogens is 308 g/mol. The molecule has 0 aliphatic rings. The Morgan fingerprint density at radius 2 is 2.37 bits per heavy atom. The van der Waals surface area contributed by atoms with Gasteiger partial charge < -0.3 is 14.3 Å². The fourth-order valence-electron chi connectivity index (χ4n) is 1.93. The number of aryl methyl sites for hydroxylation is 2. The summed E-state index contributed by atoms with van der Waals surface area (Å²) in [7, 11) is 1.85. The quantitative estimate of drug-likeness (QED) is 0.918. The van der Waals surface area contributed by atoms with Gasteiger partial charge in [-0.15, -0.1) is 0 Å². The third kappa shape index (κ3) is 3.73. The topological polar surface area (TPSA) is 47.2 Å². The molecule has 1 amide bonds. The first-order valence-electron chi connectivity index (χ1n) is 6.21. The van der Waals surface area contributed by atoms with Gasteiger partial charge in [-0.1, -0.05) is 0 Å². The number of halogens is 1. The van der Waals surface area contributed by atoms with Crippen molar-refractivity contribution in [2.45, 2.75) is 25.8 Å². The van der Waals surface area contributed by atoms with Crippen molar-refractivity contribution in [1.82, 2.24) is 9.88 Å². The summed E-state index contributed by atoms with van der Waals surface area (Å²) in [5, 5.41) is 2.99. The van der Waals surface area contributed by atoms with Gasteiger partial charge in [0.1, 0.15) is 11.5 Å². The maximum Gasteiger partial charge on any atom is 0.268 e. The zero-order valence-corrected chi connectivity index (χ0v) is 12.6. The first-order valence-corrected chi connectivity index (χ1v) is 7.00. The number of nitrogens with one attached hydrogen (secondary N) is 1. The van der Waals surface area contributed by atoms with Gasteiger partial charge in [-0.25, -0.2) is 0 Å². The number of hydrogen-bond donors (Lipinski definition) is 1. The number of carbonyl (C=O) groups excluding carboxylic acids is 1. The minimum atomic E-state index is -0.0554. The van der Waals surface area contributed by atoms with E-state index < -0.39 is 0 Å². The molecule has 1 unspecified atom stereocenters. The molecule has 102 valence electrons. The van der Waals surface area contributed by atoms with E-state index in [1.165, 1.54) is 0 Å². The van der Waals surface area contributed by atoms with Crippen LogP contribution in [0.4, 0.5) is 0 Å². The van der Waals surface area contributed by atoms with Gasteiger partial charge >= 0.3 is 0 Å². The van der Waals surface area contributed by atoms with Crippen molar-refractivity contribution in [2.24, 2.45) is 7.05 Å². The molecule has 0 aliphatic heterocycles. The van der Waals surface area contributed by atoms with Crippen molar-refractivity contribution in [2.75, 3.05) is 0 Å². The molecule has 0 fully saturated rings. The number of furan rings is 1. The van der Waals surface area contributed by atoms with E-state index in [4.69, 9.17) is 4.42 Å². The summed E-state index contributed by atoms with van der Waals surface area (Å²) in [6.45, 7) is 2.00. The van der Waals surface area contributed by atoms with Crippen LogP contribution >= 0.6 is 15.9 Å². The molecule has 0 aromatic carbocycles. The second kappa shape index (κ2) is 6.10. The van der Waals surface area contributed by atoms with Gasteiger partial charge in [-0.05, 0) is 47.5 Å². The number of hydrogen-bond acceptors (Lipinski definition) is 2. The van der Waals surface area contributed by atoms with Gasteiger partial charge in [0.05, 0.1) is 6.26 Å². The van der Waals surface area contributed by atoms with Crippen LogP contribution in [0.5, 0.6) is 0 Å². The molecule has 4 nitrogen and oxygen atoms in total. The van der Waals surface area contributed by atoms with Crippen molar-refractivity contribution >= 4 is 21.8 Å². The highest BCUT2D eigenvalue weighted by molar-refractivity contribution is 9.10. The van der Waals surface area contributed by atoms with Crippen LogP contribution in [0.1, 0.15) is 29.6 Å². The predicted molar refractivity (Wildman–Crippen MR) is 77.1 cm³/mol. The summed E-state index contributed by atoms with van der Waals surface area (Å²) < 4.78 is 7.98. The zero-order valence-electron chi connectivity index (χ0n) is 11.0. The van der Waals surface area contributed by atoms with Crippen molar-refractivity contribution in [3.05, 3.63) is 46.6 Å². The van der Waals surface area contributed by atoms with Crippen molar-refractivity contribution in [3.63, 3.8) is 0 Å². The highest BCUT2D eigenvalue weighted by Crippen LogP contribution is 2.14. The Balaban J connectivity index is 1.86. The smallest absolute Gasteiger partial charge is 0.268 e. The molecule has 1 N–H and O–H groups in total. The van der Waals surface area contributed by atoms with E-state index in [0.29, 0.717) is 5.69 Å². The lowest BCUT2D eigenvalue weighted by molar-refractivity contribution is 0.0930. The summed E-state index contributed by atoms with van der Waals surface area (Å²) in [6.07, 6.45) is 5.21. The maximum absolute atomic E-state index is 12.1. The van der Waals surface area contributed by atoms with E-state index in [0.717, 1.165) is 23.1 Å². The Morgan fingerprint density at radius 1 is 1.58 bits per heavy atom. The van der Waals surface area contributed by atoms with Crippen LogP contribution in [-0.4, -0.2) is 16.5 Å². The molecule has 2 aromatic heterocycles. The van der Waals surface area contributed by atoms with Crippen LogP contribution in [0, 0.1) is 0 Å². The largest absolute Gasteiger partial charge is 0.469 e. The van der Waals surface area contributed by atoms with Crippen LogP contribution in [-0.2, 0) is 13.5 Å². The van der Waals surface area contributed by atoms with Gasteiger partial charge in [0, 0.05) is 30.2 Å². The molecule has 0 radical (unpaired) electrons. The normalized spacial score (nSPS) is 12.4. The molecule has 0 aliphatic carbocycles. The molecule has 0 bridgehead atoms. The van der Waals surface area contributed by atoms with Gasteiger partial charge in [0.2, 0.25) is 0 Å². The first kappa shape index (κ1) is 13.9. The summed E-state index contributed by atoms with van der Waals surface area (Å²) in [5.74, 6) is 0.892. The Labute approximate surface area is 120 Å². The SMILES string of the molecule is CC(CCc1ccco1)NC(=O)c1cc(Br)cn1C. The van der Waals surface area contributed by atoms with E-state index in [-0.39, 0.29) is 11.9 Å². The van der Waals surface area contributed by atoms with E-state index >= 15 is 0 Å². The average Bonchev–Trinajstić information content (AvgIpc) is 2.96. The Bertz CT molecular complexity index is 546. The number of aromatic nitrogens is 1. The Morgan fingerprint density at radius 3 is 2.95 bits per heavy atom. The fourth-order valence-corrected chi connectivity index (χ4v) is 2.46. The van der Waals surface area contributed by atoms with Crippen LogP contribution in [0.25, 0.3) is 0 Å². The van der Waals surface area contributed by atoms with E-state index in [2.05, 4.69) is 21.2 Å². The lowest BCUT2D eigenvalue weighted by Crippen LogP contribution is -2.33. The third-order valence-electron chi connectivity index (χ3n) is 2.99. The zero-order chi connectivity index (χ0) is 13.8. The molecule has 0 saturated carbocycles. The first-order chi connectivity index (χ1) is 9.06. The van der Waals surface area contributed by atoms with E-state index in [1.54, 1.807) is 10.8 Å². The number of carbonyl (C=O) groups is 1. The Hall–Kier alpha value is -1.49. The van der Waals surface area contributed by atoms with E-state index in [1.807, 2.05) is 38.4 Å². The van der Waals surface area contributed by atoms with E-state index in [9.17, 15) is 4.79 Å². The summed E-state index contributed by atoms with van der Waals surface area (Å²) in [4.78, 5) is 12.1. The van der Waals surface area contributed by atoms with Crippen molar-refractivity contribution in [1.29, 1.82) is 0 Å². The summed E-state index contributed by atoms with van der Waals surface area (Å²) in [6, 6.07) is 5.74. The second-order valence-corrected chi connectivity index (χ2v) is 5.56. The molecule has 1 atom stereocenters. The molecular formula is C14H17BrN2O2. The molecule has 5 heteroatoms. The fraction of sp³-hybridized carbons (Fsp3) is 0.357. The van der Waals surface area contributed by atoms with Crippen LogP contribution in [0.15, 0.2) is 39.5 Å². The second-order valence-electron chi connectivity index (χ2n) is 4.65. The minimum absolute atomic E-state index is 0.0554. The molecule has 2 aromatic rings. The molecule has 19 heavy (non-hydrogen) atoms. The van der Waals surface area contributed by atoms with Gasteiger partial charge in [0.15, 0.2) is 0 Å². The highest BCUT2D eigenvalue weighted by Gasteiger charge is 2.13. The van der Waals surface area contributed by atoms with Crippen LogP contribution in [0.2, 0.25) is 0 Å². The standard InChI is InChI=1S/C14H17BrN2O2/c1-10(5-6-12-4-3-7-19-12)16-14(18)13-8-11(15)9-17(13)2/h3-4,7-10H,5-6H2,1-2H3,(H,16,18). The molecule has 0 spiro atoms. The van der Waals surface area contributed by atoms with Gasteiger partial charge in [-0.3, -0.25) is 4.79 Å². The third-order valence-corrected chi connectivity index (χ3v) is 3.42. The van der Waals surface area contributed by atoms with Crippen LogP contribution in [0.3, 0.4) is 0 Å². The summed E-state index contributed by atoms with van der Waals surface area (Å²) in [5.41, 5.74) is 0.650. The van der Waals surface area contributed by atoms with Crippen molar-refractivity contribution < 1.29 is 9.21 Å². The van der Waals surface area contributed by atoms with Crippen LogP contribution < -0.4 is 5.32 Å². The predicted octanol–water partition coefficient (Wildman–Crippen LogP) is 3.13. The molecule has 0 saturated heterocycles. The molecule has 2 rings (SSSR count). The number of nitrogens with zero attached hydrogens (tertiary/aromatic N) is 1. The number of amides is 1. The maximum atomic E-state index is 12.1. The lowest BCUT2D eigenvalue weighted by Gasteiger charge is -2.13. The van der Waals surface area contributed by atoms with Gasteiger partial charge in [-0.2, -0.15) is 0 Å². The Kier molecular flexibility index (Phi) is 4.47. The van der Waals surface area contributed by atoms with Crippen molar-refractivity contribution in [3.8, 4) is 0 Å². The minimum Gasteiger partial charge on any atom is -0.469 e. The molecule has 2 heterocycles. The monoisotopic (exact) mass is 324 g/mol. The highest BCUT2D eigenvalue weighted by atomic mass is 79.9. The number of rotatable bonds is 5.